The van der Waals surface area contributed by atoms with Crippen LogP contribution in [0, 0.1) is 5.92 Å². The van der Waals surface area contributed by atoms with Crippen LogP contribution in [0.5, 0.6) is 0 Å². The standard InChI is InChI=1S/C14H27N3O/c1-11-5-4-8-15-13(11)14(18)17(3)12-6-9-16(2)10-7-12/h11-13,15H,4-10H2,1-3H3. The Hall–Kier alpha value is -0.610. The lowest BCUT2D eigenvalue weighted by Gasteiger charge is -2.39. The van der Waals surface area contributed by atoms with Gasteiger partial charge in [0.2, 0.25) is 5.91 Å². The third kappa shape index (κ3) is 3.04. The van der Waals surface area contributed by atoms with Crippen molar-refractivity contribution < 1.29 is 4.79 Å². The summed E-state index contributed by atoms with van der Waals surface area (Å²) in [5, 5.41) is 3.40. The molecule has 104 valence electrons. The summed E-state index contributed by atoms with van der Waals surface area (Å²) >= 11 is 0. The zero-order valence-electron chi connectivity index (χ0n) is 12.0. The monoisotopic (exact) mass is 253 g/mol. The van der Waals surface area contributed by atoms with E-state index >= 15 is 0 Å². The number of hydrogen-bond acceptors (Lipinski definition) is 3. The van der Waals surface area contributed by atoms with Gasteiger partial charge >= 0.3 is 0 Å². The maximum atomic E-state index is 12.5. The van der Waals surface area contributed by atoms with Gasteiger partial charge in [0.1, 0.15) is 0 Å². The lowest BCUT2D eigenvalue weighted by atomic mass is 9.91. The second-order valence-corrected chi connectivity index (χ2v) is 6.03. The van der Waals surface area contributed by atoms with E-state index in [1.165, 1.54) is 12.8 Å². The minimum absolute atomic E-state index is 0.0448. The van der Waals surface area contributed by atoms with Gasteiger partial charge in [-0.3, -0.25) is 4.79 Å². The van der Waals surface area contributed by atoms with E-state index in [9.17, 15) is 4.79 Å². The van der Waals surface area contributed by atoms with Crippen LogP contribution in [-0.2, 0) is 4.79 Å². The number of piperidine rings is 2. The lowest BCUT2D eigenvalue weighted by Crippen LogP contribution is -2.55. The van der Waals surface area contributed by atoms with Crippen molar-refractivity contribution in [2.75, 3.05) is 33.7 Å². The molecule has 1 amide bonds. The summed E-state index contributed by atoms with van der Waals surface area (Å²) in [7, 11) is 4.14. The summed E-state index contributed by atoms with van der Waals surface area (Å²) in [5.41, 5.74) is 0. The number of nitrogens with zero attached hydrogens (tertiary/aromatic N) is 2. The molecule has 0 aromatic carbocycles. The van der Waals surface area contributed by atoms with Gasteiger partial charge in [-0.2, -0.15) is 0 Å². The summed E-state index contributed by atoms with van der Waals surface area (Å²) < 4.78 is 0. The molecule has 18 heavy (non-hydrogen) atoms. The van der Waals surface area contributed by atoms with E-state index in [1.807, 2.05) is 11.9 Å². The zero-order chi connectivity index (χ0) is 13.1. The first-order valence-corrected chi connectivity index (χ1v) is 7.28. The molecule has 0 aromatic heterocycles. The highest BCUT2D eigenvalue weighted by Crippen LogP contribution is 2.20. The van der Waals surface area contributed by atoms with E-state index < -0.39 is 0 Å². The fraction of sp³-hybridized carbons (Fsp3) is 0.929. The normalized spacial score (nSPS) is 31.3. The molecule has 0 aliphatic carbocycles. The number of carbonyl (C=O) groups is 1. The molecule has 2 unspecified atom stereocenters. The second kappa shape index (κ2) is 6.02. The van der Waals surface area contributed by atoms with Crippen LogP contribution in [-0.4, -0.2) is 61.5 Å². The van der Waals surface area contributed by atoms with Crippen molar-refractivity contribution in [3.63, 3.8) is 0 Å². The summed E-state index contributed by atoms with van der Waals surface area (Å²) in [6, 6.07) is 0.480. The highest BCUT2D eigenvalue weighted by Gasteiger charge is 2.33. The first-order chi connectivity index (χ1) is 8.59. The van der Waals surface area contributed by atoms with Crippen molar-refractivity contribution in [1.29, 1.82) is 0 Å². The zero-order valence-corrected chi connectivity index (χ0v) is 12.0. The molecule has 1 N–H and O–H groups in total. The molecule has 4 nitrogen and oxygen atoms in total. The Bertz CT molecular complexity index is 287. The molecule has 2 saturated heterocycles. The smallest absolute Gasteiger partial charge is 0.239 e. The van der Waals surface area contributed by atoms with Crippen molar-refractivity contribution >= 4 is 5.91 Å². The Kier molecular flexibility index (Phi) is 4.62. The topological polar surface area (TPSA) is 35.6 Å². The Morgan fingerprint density at radius 3 is 2.56 bits per heavy atom. The van der Waals surface area contributed by atoms with Crippen molar-refractivity contribution in [2.24, 2.45) is 5.92 Å². The summed E-state index contributed by atoms with van der Waals surface area (Å²) in [5.74, 6) is 0.775. The lowest BCUT2D eigenvalue weighted by molar-refractivity contribution is -0.136. The molecule has 4 heteroatoms. The van der Waals surface area contributed by atoms with E-state index in [0.29, 0.717) is 17.9 Å². The first-order valence-electron chi connectivity index (χ1n) is 7.28. The maximum Gasteiger partial charge on any atom is 0.239 e. The van der Waals surface area contributed by atoms with Crippen LogP contribution in [0.25, 0.3) is 0 Å². The predicted octanol–water partition coefficient (Wildman–Crippen LogP) is 0.927. The minimum atomic E-state index is 0.0448. The molecule has 0 bridgehead atoms. The molecule has 2 fully saturated rings. The van der Waals surface area contributed by atoms with Crippen LogP contribution < -0.4 is 5.32 Å². The predicted molar refractivity (Wildman–Crippen MR) is 73.5 cm³/mol. The van der Waals surface area contributed by atoms with Gasteiger partial charge in [0, 0.05) is 13.1 Å². The number of likely N-dealkylation sites (tertiary alicyclic amines) is 1. The summed E-state index contributed by atoms with van der Waals surface area (Å²) in [6.07, 6.45) is 4.59. The highest BCUT2D eigenvalue weighted by molar-refractivity contribution is 5.82. The molecule has 0 radical (unpaired) electrons. The summed E-state index contributed by atoms with van der Waals surface area (Å²) in [4.78, 5) is 16.9. The van der Waals surface area contributed by atoms with Crippen LogP contribution >= 0.6 is 0 Å². The third-order valence-corrected chi connectivity index (χ3v) is 4.62. The molecule has 2 atom stereocenters. The summed E-state index contributed by atoms with van der Waals surface area (Å²) in [6.45, 7) is 5.39. The van der Waals surface area contributed by atoms with Gasteiger partial charge in [-0.25, -0.2) is 0 Å². The van der Waals surface area contributed by atoms with Crippen molar-refractivity contribution in [3.05, 3.63) is 0 Å². The molecule has 2 aliphatic rings. The first kappa shape index (κ1) is 13.8. The molecule has 2 heterocycles. The molecule has 0 aromatic rings. The quantitative estimate of drug-likeness (QED) is 0.795. The highest BCUT2D eigenvalue weighted by atomic mass is 16.2. The Balaban J connectivity index is 1.91. The van der Waals surface area contributed by atoms with Crippen LogP contribution in [0.3, 0.4) is 0 Å². The number of carbonyl (C=O) groups excluding carboxylic acids is 1. The van der Waals surface area contributed by atoms with Crippen LogP contribution in [0.2, 0.25) is 0 Å². The third-order valence-electron chi connectivity index (χ3n) is 4.62. The van der Waals surface area contributed by atoms with Crippen LogP contribution in [0.4, 0.5) is 0 Å². The van der Waals surface area contributed by atoms with Gasteiger partial charge in [-0.1, -0.05) is 6.92 Å². The average molecular weight is 253 g/mol. The minimum Gasteiger partial charge on any atom is -0.341 e. The Morgan fingerprint density at radius 2 is 1.94 bits per heavy atom. The van der Waals surface area contributed by atoms with E-state index in [4.69, 9.17) is 0 Å². The number of hydrogen-bond donors (Lipinski definition) is 1. The molecule has 2 rings (SSSR count). The van der Waals surface area contributed by atoms with Gasteiger partial charge in [-0.15, -0.1) is 0 Å². The van der Waals surface area contributed by atoms with Gasteiger partial charge in [0.05, 0.1) is 6.04 Å². The van der Waals surface area contributed by atoms with Gasteiger partial charge in [0.25, 0.3) is 0 Å². The Morgan fingerprint density at radius 1 is 1.28 bits per heavy atom. The van der Waals surface area contributed by atoms with E-state index in [1.54, 1.807) is 0 Å². The number of rotatable bonds is 2. The largest absolute Gasteiger partial charge is 0.341 e. The maximum absolute atomic E-state index is 12.5. The average Bonchev–Trinajstić information content (AvgIpc) is 2.38. The fourth-order valence-electron chi connectivity index (χ4n) is 3.16. The molecule has 0 saturated carbocycles. The van der Waals surface area contributed by atoms with E-state index in [2.05, 4.69) is 24.2 Å². The number of nitrogens with one attached hydrogen (secondary N) is 1. The van der Waals surface area contributed by atoms with Crippen molar-refractivity contribution in [1.82, 2.24) is 15.1 Å². The molecular formula is C14H27N3O. The van der Waals surface area contributed by atoms with E-state index in [0.717, 1.165) is 32.5 Å². The van der Waals surface area contributed by atoms with Gasteiger partial charge in [-0.05, 0) is 58.3 Å². The Labute approximate surface area is 111 Å². The molecule has 0 spiro atoms. The molecule has 2 aliphatic heterocycles. The number of likely N-dealkylation sites (N-methyl/N-ethyl adjacent to an activating group) is 1. The van der Waals surface area contributed by atoms with Crippen LogP contribution in [0.15, 0.2) is 0 Å². The van der Waals surface area contributed by atoms with Crippen molar-refractivity contribution in [3.8, 4) is 0 Å². The van der Waals surface area contributed by atoms with Crippen LogP contribution in [0.1, 0.15) is 32.6 Å². The van der Waals surface area contributed by atoms with Gasteiger partial charge < -0.3 is 15.1 Å². The molecular weight excluding hydrogens is 226 g/mol. The van der Waals surface area contributed by atoms with E-state index in [-0.39, 0.29) is 6.04 Å². The second-order valence-electron chi connectivity index (χ2n) is 6.03. The van der Waals surface area contributed by atoms with Gasteiger partial charge in [0.15, 0.2) is 0 Å². The SMILES string of the molecule is CC1CCCNC1C(=O)N(C)C1CCN(C)CC1. The van der Waals surface area contributed by atoms with Crippen molar-refractivity contribution in [2.45, 2.75) is 44.7 Å². The fourth-order valence-corrected chi connectivity index (χ4v) is 3.16. The number of amides is 1.